The van der Waals surface area contributed by atoms with Crippen LogP contribution in [0.2, 0.25) is 0 Å². The molecule has 19 heavy (non-hydrogen) atoms. The van der Waals surface area contributed by atoms with Crippen LogP contribution < -0.4 is 11.1 Å². The average molecular weight is 259 g/mol. The van der Waals surface area contributed by atoms with Crippen molar-refractivity contribution in [2.24, 2.45) is 11.7 Å². The molecular weight excluding hydrogens is 238 g/mol. The van der Waals surface area contributed by atoms with Crippen LogP contribution in [0.25, 0.3) is 10.9 Å². The Morgan fingerprint density at radius 3 is 2.95 bits per heavy atom. The summed E-state index contributed by atoms with van der Waals surface area (Å²) in [5, 5.41) is 4.18. The van der Waals surface area contributed by atoms with Crippen molar-refractivity contribution >= 4 is 16.8 Å². The predicted molar refractivity (Wildman–Crippen MR) is 77.8 cm³/mol. The second-order valence-electron chi connectivity index (χ2n) is 4.74. The Morgan fingerprint density at radius 2 is 2.21 bits per heavy atom. The van der Waals surface area contributed by atoms with E-state index < -0.39 is 0 Å². The summed E-state index contributed by atoms with van der Waals surface area (Å²) in [4.78, 5) is 15.0. The smallest absolute Gasteiger partial charge is 0.224 e. The number of rotatable bonds is 6. The minimum Gasteiger partial charge on any atom is -0.361 e. The molecule has 0 aliphatic rings. The lowest BCUT2D eigenvalue weighted by Gasteiger charge is -2.12. The molecule has 4 heteroatoms. The quantitative estimate of drug-likeness (QED) is 0.740. The minimum absolute atomic E-state index is 0.0600. The van der Waals surface area contributed by atoms with Gasteiger partial charge in [0.25, 0.3) is 0 Å². The van der Waals surface area contributed by atoms with Crippen LogP contribution in [0.4, 0.5) is 0 Å². The molecule has 0 bridgehead atoms. The molecule has 1 atom stereocenters. The molecule has 2 rings (SSSR count). The van der Waals surface area contributed by atoms with Crippen molar-refractivity contribution < 1.29 is 4.79 Å². The molecule has 0 saturated heterocycles. The van der Waals surface area contributed by atoms with E-state index in [9.17, 15) is 4.79 Å². The molecule has 102 valence electrons. The number of amides is 1. The molecule has 1 heterocycles. The normalized spacial score (nSPS) is 12.5. The Hall–Kier alpha value is -1.81. The van der Waals surface area contributed by atoms with Crippen molar-refractivity contribution in [3.63, 3.8) is 0 Å². The molecule has 0 fully saturated rings. The zero-order chi connectivity index (χ0) is 13.7. The topological polar surface area (TPSA) is 70.9 Å². The van der Waals surface area contributed by atoms with Gasteiger partial charge in [0.15, 0.2) is 0 Å². The molecule has 1 aromatic carbocycles. The first-order valence-corrected chi connectivity index (χ1v) is 6.79. The standard InChI is InChI=1S/C15H21N3O/c1-2-11(9-16)15(19)17-8-7-12-10-18-14-6-4-3-5-13(12)14/h3-6,10-11,18H,2,7-9,16H2,1H3,(H,17,19). The van der Waals surface area contributed by atoms with Gasteiger partial charge in [-0.25, -0.2) is 0 Å². The summed E-state index contributed by atoms with van der Waals surface area (Å²) in [5.41, 5.74) is 7.93. The Labute approximate surface area is 113 Å². The molecule has 0 aliphatic carbocycles. The summed E-state index contributed by atoms with van der Waals surface area (Å²) in [5.74, 6) is -0.00666. The van der Waals surface area contributed by atoms with E-state index in [1.807, 2.05) is 25.3 Å². The van der Waals surface area contributed by atoms with Gasteiger partial charge in [0.05, 0.1) is 0 Å². The van der Waals surface area contributed by atoms with Crippen LogP contribution in [0.15, 0.2) is 30.5 Å². The zero-order valence-corrected chi connectivity index (χ0v) is 11.3. The molecule has 0 saturated carbocycles. The Morgan fingerprint density at radius 1 is 1.42 bits per heavy atom. The van der Waals surface area contributed by atoms with E-state index in [-0.39, 0.29) is 11.8 Å². The molecule has 0 spiro atoms. The molecule has 0 aliphatic heterocycles. The minimum atomic E-state index is -0.0667. The fourth-order valence-corrected chi connectivity index (χ4v) is 2.26. The maximum Gasteiger partial charge on any atom is 0.224 e. The van der Waals surface area contributed by atoms with Crippen molar-refractivity contribution in [2.75, 3.05) is 13.1 Å². The number of carbonyl (C=O) groups excluding carboxylic acids is 1. The Bertz CT molecular complexity index is 543. The van der Waals surface area contributed by atoms with Gasteiger partial charge in [0.2, 0.25) is 5.91 Å². The van der Waals surface area contributed by atoms with E-state index in [2.05, 4.69) is 22.4 Å². The van der Waals surface area contributed by atoms with E-state index >= 15 is 0 Å². The molecule has 4 N–H and O–H groups in total. The van der Waals surface area contributed by atoms with Crippen molar-refractivity contribution in [2.45, 2.75) is 19.8 Å². The number of nitrogens with one attached hydrogen (secondary N) is 2. The summed E-state index contributed by atoms with van der Waals surface area (Å²) in [6, 6.07) is 8.19. The van der Waals surface area contributed by atoms with E-state index in [0.717, 1.165) is 18.4 Å². The molecule has 2 aromatic rings. The SMILES string of the molecule is CCC(CN)C(=O)NCCc1c[nH]c2ccccc12. The maximum atomic E-state index is 11.8. The van der Waals surface area contributed by atoms with Crippen molar-refractivity contribution in [3.8, 4) is 0 Å². The van der Waals surface area contributed by atoms with Gasteiger partial charge < -0.3 is 16.0 Å². The lowest BCUT2D eigenvalue weighted by Crippen LogP contribution is -2.35. The van der Waals surface area contributed by atoms with Crippen LogP contribution >= 0.6 is 0 Å². The summed E-state index contributed by atoms with van der Waals surface area (Å²) in [6.07, 6.45) is 3.63. The zero-order valence-electron chi connectivity index (χ0n) is 11.3. The number of H-pyrrole nitrogens is 1. The molecule has 4 nitrogen and oxygen atoms in total. The number of fused-ring (bicyclic) bond motifs is 1. The van der Waals surface area contributed by atoms with Crippen molar-refractivity contribution in [1.82, 2.24) is 10.3 Å². The monoisotopic (exact) mass is 259 g/mol. The van der Waals surface area contributed by atoms with Gasteiger partial charge in [0.1, 0.15) is 0 Å². The highest BCUT2D eigenvalue weighted by Crippen LogP contribution is 2.17. The average Bonchev–Trinajstić information content (AvgIpc) is 2.84. The maximum absolute atomic E-state index is 11.8. The second kappa shape index (κ2) is 6.38. The lowest BCUT2D eigenvalue weighted by molar-refractivity contribution is -0.124. The number of hydrogen-bond donors (Lipinski definition) is 3. The van der Waals surface area contributed by atoms with Crippen LogP contribution in [0.1, 0.15) is 18.9 Å². The first kappa shape index (κ1) is 13.6. The number of hydrogen-bond acceptors (Lipinski definition) is 2. The van der Waals surface area contributed by atoms with Gasteiger partial charge in [-0.2, -0.15) is 0 Å². The number of nitrogens with two attached hydrogens (primary N) is 1. The van der Waals surface area contributed by atoms with Crippen LogP contribution in [-0.4, -0.2) is 24.0 Å². The number of benzene rings is 1. The highest BCUT2D eigenvalue weighted by atomic mass is 16.1. The summed E-state index contributed by atoms with van der Waals surface area (Å²) in [7, 11) is 0. The first-order chi connectivity index (χ1) is 9.26. The third kappa shape index (κ3) is 3.15. The second-order valence-corrected chi connectivity index (χ2v) is 4.74. The highest BCUT2D eigenvalue weighted by molar-refractivity contribution is 5.83. The van der Waals surface area contributed by atoms with E-state index in [4.69, 9.17) is 5.73 Å². The van der Waals surface area contributed by atoms with E-state index in [1.54, 1.807) is 0 Å². The summed E-state index contributed by atoms with van der Waals surface area (Å²) < 4.78 is 0. The largest absolute Gasteiger partial charge is 0.361 e. The highest BCUT2D eigenvalue weighted by Gasteiger charge is 2.13. The number of para-hydroxylation sites is 1. The number of aromatic nitrogens is 1. The third-order valence-corrected chi connectivity index (χ3v) is 3.52. The van der Waals surface area contributed by atoms with Gasteiger partial charge in [-0.1, -0.05) is 25.1 Å². The van der Waals surface area contributed by atoms with Crippen LogP contribution in [0.5, 0.6) is 0 Å². The Kier molecular flexibility index (Phi) is 4.58. The van der Waals surface area contributed by atoms with Crippen LogP contribution in [-0.2, 0) is 11.2 Å². The van der Waals surface area contributed by atoms with E-state index in [0.29, 0.717) is 13.1 Å². The molecule has 0 radical (unpaired) electrons. The van der Waals surface area contributed by atoms with Crippen molar-refractivity contribution in [1.29, 1.82) is 0 Å². The van der Waals surface area contributed by atoms with Gasteiger partial charge in [0, 0.05) is 36.1 Å². The molecule has 1 aromatic heterocycles. The number of aromatic amines is 1. The van der Waals surface area contributed by atoms with E-state index in [1.165, 1.54) is 10.9 Å². The van der Waals surface area contributed by atoms with Gasteiger partial charge in [-0.05, 0) is 24.5 Å². The summed E-state index contributed by atoms with van der Waals surface area (Å²) in [6.45, 7) is 3.05. The van der Waals surface area contributed by atoms with Crippen LogP contribution in [0.3, 0.4) is 0 Å². The fourth-order valence-electron chi connectivity index (χ4n) is 2.26. The lowest BCUT2D eigenvalue weighted by atomic mass is 10.1. The predicted octanol–water partition coefficient (Wildman–Crippen LogP) is 1.81. The summed E-state index contributed by atoms with van der Waals surface area (Å²) >= 11 is 0. The molecule has 1 unspecified atom stereocenters. The van der Waals surface area contributed by atoms with Crippen molar-refractivity contribution in [3.05, 3.63) is 36.0 Å². The molecular formula is C15H21N3O. The van der Waals surface area contributed by atoms with Gasteiger partial charge in [-0.15, -0.1) is 0 Å². The first-order valence-electron chi connectivity index (χ1n) is 6.79. The fraction of sp³-hybridized carbons (Fsp3) is 0.400. The Balaban J connectivity index is 1.91. The van der Waals surface area contributed by atoms with Crippen LogP contribution in [0, 0.1) is 5.92 Å². The molecule has 1 amide bonds. The van der Waals surface area contributed by atoms with Gasteiger partial charge in [-0.3, -0.25) is 4.79 Å². The van der Waals surface area contributed by atoms with Gasteiger partial charge >= 0.3 is 0 Å². The number of carbonyl (C=O) groups is 1. The third-order valence-electron chi connectivity index (χ3n) is 3.52.